The minimum Gasteiger partial charge on any atom is -0.444 e. The van der Waals surface area contributed by atoms with Gasteiger partial charge in [-0.1, -0.05) is 60.7 Å². The lowest BCUT2D eigenvalue weighted by Gasteiger charge is -2.44. The number of alkyl halides is 6. The van der Waals surface area contributed by atoms with Crippen molar-refractivity contribution in [1.82, 2.24) is 4.90 Å². The lowest BCUT2D eigenvalue weighted by molar-refractivity contribution is -0.431. The van der Waals surface area contributed by atoms with Crippen molar-refractivity contribution in [1.29, 1.82) is 0 Å². The fourth-order valence-corrected chi connectivity index (χ4v) is 4.78. The number of benzene rings is 3. The van der Waals surface area contributed by atoms with Gasteiger partial charge in [0, 0.05) is 6.42 Å². The Hall–Kier alpha value is -4.39. The van der Waals surface area contributed by atoms with Gasteiger partial charge in [0.25, 0.3) is 5.70 Å². The lowest BCUT2D eigenvalue weighted by Crippen LogP contribution is -2.52. The molecule has 2 atom stereocenters. The van der Waals surface area contributed by atoms with E-state index >= 15 is 0 Å². The molecule has 1 unspecified atom stereocenters. The van der Waals surface area contributed by atoms with Crippen LogP contribution in [0, 0.1) is 10.1 Å². The summed E-state index contributed by atoms with van der Waals surface area (Å²) in [5.41, 5.74) is -3.99. The van der Waals surface area contributed by atoms with Crippen LogP contribution in [0.15, 0.2) is 90.8 Å². The van der Waals surface area contributed by atoms with E-state index in [9.17, 15) is 41.3 Å². The number of carbonyl (C=O) groups excluding carboxylic acids is 1. The number of rotatable bonds is 8. The third-order valence-electron chi connectivity index (χ3n) is 7.13. The molecule has 1 aliphatic heterocycles. The number of carbonyl (C=O) groups is 1. The molecule has 43 heavy (non-hydrogen) atoms. The van der Waals surface area contributed by atoms with E-state index in [2.05, 4.69) is 0 Å². The maximum atomic E-state index is 13.5. The molecule has 0 bridgehead atoms. The highest BCUT2D eigenvalue weighted by Crippen LogP contribution is 2.42. The van der Waals surface area contributed by atoms with Crippen LogP contribution < -0.4 is 0 Å². The summed E-state index contributed by atoms with van der Waals surface area (Å²) >= 11 is 0. The Bertz CT molecular complexity index is 1450. The van der Waals surface area contributed by atoms with Crippen LogP contribution in [0.3, 0.4) is 0 Å². The van der Waals surface area contributed by atoms with Gasteiger partial charge in [-0.25, -0.2) is 4.79 Å². The first-order valence-electron chi connectivity index (χ1n) is 13.0. The first-order valence-corrected chi connectivity index (χ1v) is 13.0. The molecular formula is C30H26F6N2O5. The molecule has 228 valence electrons. The average Bonchev–Trinajstić information content (AvgIpc) is 2.98. The number of hydrogen-bond acceptors (Lipinski definition) is 5. The zero-order valence-corrected chi connectivity index (χ0v) is 22.7. The van der Waals surface area contributed by atoms with Crippen molar-refractivity contribution < 1.29 is 45.5 Å². The summed E-state index contributed by atoms with van der Waals surface area (Å²) in [6, 6.07) is 18.1. The number of nitrogens with zero attached hydrogens (tertiary/aromatic N) is 2. The van der Waals surface area contributed by atoms with Gasteiger partial charge < -0.3 is 9.47 Å². The highest BCUT2D eigenvalue weighted by Gasteiger charge is 2.47. The molecule has 0 fully saturated rings. The standard InChI is InChI=1S/C30H26F6N2O5/c1-20(22-14-24(29(31,32)33)16-25(15-22)30(34,35)36)43-19-28(23-10-6-3-7-11-23)13-12-26(38(40)41)17-37(28)27(39)42-18-21-8-4-2-5-9-21/h2-11,14-17,20H,12-13,18-19H2,1H3/t20-,28?/m1/s1. The molecule has 7 nitrogen and oxygen atoms in total. The van der Waals surface area contributed by atoms with E-state index in [1.807, 2.05) is 0 Å². The molecule has 1 aliphatic rings. The quantitative estimate of drug-likeness (QED) is 0.146. The maximum absolute atomic E-state index is 13.5. The molecule has 13 heteroatoms. The molecule has 0 radical (unpaired) electrons. The van der Waals surface area contributed by atoms with Gasteiger partial charge in [0.1, 0.15) is 6.61 Å². The topological polar surface area (TPSA) is 81.9 Å². The zero-order valence-electron chi connectivity index (χ0n) is 22.7. The third-order valence-corrected chi connectivity index (χ3v) is 7.13. The molecule has 0 saturated carbocycles. The second-order valence-corrected chi connectivity index (χ2v) is 9.98. The van der Waals surface area contributed by atoms with Crippen LogP contribution in [0.4, 0.5) is 31.1 Å². The zero-order chi connectivity index (χ0) is 31.4. The average molecular weight is 609 g/mol. The lowest BCUT2D eigenvalue weighted by atomic mass is 9.82. The molecule has 3 aromatic carbocycles. The normalized spacial score (nSPS) is 18.1. The molecule has 4 rings (SSSR count). The van der Waals surface area contributed by atoms with Crippen LogP contribution in [0.1, 0.15) is 53.7 Å². The summed E-state index contributed by atoms with van der Waals surface area (Å²) < 4.78 is 92.2. The number of allylic oxidation sites excluding steroid dienone is 1. The van der Waals surface area contributed by atoms with Gasteiger partial charge in [-0.15, -0.1) is 0 Å². The molecule has 0 aromatic heterocycles. The van der Waals surface area contributed by atoms with Gasteiger partial charge in [0.05, 0.1) is 40.5 Å². The minimum absolute atomic E-state index is 0.0250. The van der Waals surface area contributed by atoms with Crippen molar-refractivity contribution in [3.8, 4) is 0 Å². The van der Waals surface area contributed by atoms with Crippen LogP contribution in [0.2, 0.25) is 0 Å². The number of amides is 1. The third kappa shape index (κ3) is 7.34. The monoisotopic (exact) mass is 608 g/mol. The van der Waals surface area contributed by atoms with Crippen molar-refractivity contribution in [2.75, 3.05) is 6.61 Å². The first-order chi connectivity index (χ1) is 20.2. The van der Waals surface area contributed by atoms with E-state index in [1.54, 1.807) is 60.7 Å². The fourth-order valence-electron chi connectivity index (χ4n) is 4.78. The van der Waals surface area contributed by atoms with Crippen molar-refractivity contribution in [2.24, 2.45) is 0 Å². The smallest absolute Gasteiger partial charge is 0.416 e. The minimum atomic E-state index is -5.05. The van der Waals surface area contributed by atoms with E-state index in [0.29, 0.717) is 23.3 Å². The predicted molar refractivity (Wildman–Crippen MR) is 142 cm³/mol. The second kappa shape index (κ2) is 12.5. The Morgan fingerprint density at radius 2 is 1.51 bits per heavy atom. The number of nitro groups is 1. The van der Waals surface area contributed by atoms with Gasteiger partial charge >= 0.3 is 18.4 Å². The van der Waals surface area contributed by atoms with Crippen molar-refractivity contribution in [3.63, 3.8) is 0 Å². The molecule has 1 amide bonds. The summed E-state index contributed by atoms with van der Waals surface area (Å²) in [6.07, 6.45) is -11.5. The van der Waals surface area contributed by atoms with Crippen LogP contribution in [0.5, 0.6) is 0 Å². The SMILES string of the molecule is C[C@@H](OCC1(c2ccccc2)CCC([N+](=O)[O-])=CN1C(=O)OCc1ccccc1)c1cc(C(F)(F)F)cc(C(F)(F)F)c1. The number of hydrogen-bond donors (Lipinski definition) is 0. The largest absolute Gasteiger partial charge is 0.444 e. The van der Waals surface area contributed by atoms with Crippen LogP contribution in [-0.4, -0.2) is 22.5 Å². The van der Waals surface area contributed by atoms with Crippen LogP contribution in [0.25, 0.3) is 0 Å². The van der Waals surface area contributed by atoms with Crippen molar-refractivity contribution in [2.45, 2.75) is 50.4 Å². The Balaban J connectivity index is 1.71. The Morgan fingerprint density at radius 3 is 2.05 bits per heavy atom. The molecule has 3 aromatic rings. The van der Waals surface area contributed by atoms with Gasteiger partial charge in [0.2, 0.25) is 0 Å². The summed E-state index contributed by atoms with van der Waals surface area (Å²) in [4.78, 5) is 25.5. The predicted octanol–water partition coefficient (Wildman–Crippen LogP) is 8.25. The first kappa shape index (κ1) is 31.5. The molecule has 0 spiro atoms. The molecule has 0 aliphatic carbocycles. The molecule has 0 saturated heterocycles. The van der Waals surface area contributed by atoms with Gasteiger partial charge in [-0.3, -0.25) is 15.0 Å². The van der Waals surface area contributed by atoms with E-state index in [0.717, 1.165) is 11.1 Å². The van der Waals surface area contributed by atoms with Crippen molar-refractivity contribution in [3.05, 3.63) is 129 Å². The van der Waals surface area contributed by atoms with E-state index < -0.39 is 52.7 Å². The fraction of sp³-hybridized carbons (Fsp3) is 0.300. The summed E-state index contributed by atoms with van der Waals surface area (Å²) in [6.45, 7) is 0.690. The van der Waals surface area contributed by atoms with E-state index in [4.69, 9.17) is 9.47 Å². The van der Waals surface area contributed by atoms with Crippen LogP contribution >= 0.6 is 0 Å². The van der Waals surface area contributed by atoms with Gasteiger partial charge in [0.15, 0.2) is 0 Å². The van der Waals surface area contributed by atoms with E-state index in [1.165, 1.54) is 6.92 Å². The highest BCUT2D eigenvalue weighted by molar-refractivity contribution is 5.71. The molecule has 0 N–H and O–H groups in total. The molecule has 1 heterocycles. The Morgan fingerprint density at radius 1 is 0.953 bits per heavy atom. The summed E-state index contributed by atoms with van der Waals surface area (Å²) in [7, 11) is 0. The highest BCUT2D eigenvalue weighted by atomic mass is 19.4. The Labute approximate surface area is 242 Å². The van der Waals surface area contributed by atoms with Gasteiger partial charge in [-0.05, 0) is 48.2 Å². The second-order valence-electron chi connectivity index (χ2n) is 9.98. The maximum Gasteiger partial charge on any atom is 0.416 e. The summed E-state index contributed by atoms with van der Waals surface area (Å²) in [5.74, 6) is 0. The number of halogens is 6. The van der Waals surface area contributed by atoms with Gasteiger partial charge in [-0.2, -0.15) is 26.3 Å². The summed E-state index contributed by atoms with van der Waals surface area (Å²) in [5, 5.41) is 11.7. The Kier molecular flexibility index (Phi) is 9.14. The van der Waals surface area contributed by atoms with E-state index in [-0.39, 0.29) is 36.8 Å². The van der Waals surface area contributed by atoms with Crippen LogP contribution in [-0.2, 0) is 34.0 Å². The number of ether oxygens (including phenoxy) is 2. The molecular weight excluding hydrogens is 582 g/mol. The van der Waals surface area contributed by atoms with Crippen molar-refractivity contribution >= 4 is 6.09 Å².